The first-order chi connectivity index (χ1) is 10.5. The van der Waals surface area contributed by atoms with E-state index >= 15 is 0 Å². The number of thioether (sulfide) groups is 1. The summed E-state index contributed by atoms with van der Waals surface area (Å²) in [6.07, 6.45) is 0. The lowest BCUT2D eigenvalue weighted by atomic mass is 10.1. The summed E-state index contributed by atoms with van der Waals surface area (Å²) in [4.78, 5) is 24.0. The number of hydrogen-bond acceptors (Lipinski definition) is 3. The minimum Gasteiger partial charge on any atom is -0.480 e. The summed E-state index contributed by atoms with van der Waals surface area (Å²) in [6, 6.07) is 13.2. The standard InChI is InChI=1S/C17H19NO3S/c1-11(2)16(17(20)21)18-15(19)10-22-14-8-7-12-5-3-4-6-13(12)9-14/h3-9,11,16H,10H2,1-2H3,(H,18,19)(H,20,21)/t16-/m1/s1. The van der Waals surface area contributed by atoms with Gasteiger partial charge in [0.1, 0.15) is 6.04 Å². The minimum atomic E-state index is -1.00. The molecule has 0 radical (unpaired) electrons. The zero-order chi connectivity index (χ0) is 16.1. The van der Waals surface area contributed by atoms with Crippen LogP contribution in [-0.2, 0) is 9.59 Å². The summed E-state index contributed by atoms with van der Waals surface area (Å²) in [7, 11) is 0. The van der Waals surface area contributed by atoms with Crippen LogP contribution >= 0.6 is 11.8 Å². The number of carboxylic acid groups (broad SMARTS) is 1. The van der Waals surface area contributed by atoms with Gasteiger partial charge in [0.05, 0.1) is 5.75 Å². The van der Waals surface area contributed by atoms with Crippen LogP contribution in [0.2, 0.25) is 0 Å². The highest BCUT2D eigenvalue weighted by atomic mass is 32.2. The average molecular weight is 317 g/mol. The fraction of sp³-hybridized carbons (Fsp3) is 0.294. The van der Waals surface area contributed by atoms with E-state index in [1.807, 2.05) is 42.5 Å². The van der Waals surface area contributed by atoms with Crippen molar-refractivity contribution in [3.05, 3.63) is 42.5 Å². The van der Waals surface area contributed by atoms with E-state index in [4.69, 9.17) is 5.11 Å². The highest BCUT2D eigenvalue weighted by Crippen LogP contribution is 2.23. The normalized spacial score (nSPS) is 12.3. The van der Waals surface area contributed by atoms with Gasteiger partial charge in [-0.3, -0.25) is 4.79 Å². The molecular formula is C17H19NO3S. The molecule has 0 spiro atoms. The van der Waals surface area contributed by atoms with Crippen LogP contribution in [0.3, 0.4) is 0 Å². The first-order valence-corrected chi connectivity index (χ1v) is 8.09. The molecule has 0 fully saturated rings. The monoisotopic (exact) mass is 317 g/mol. The van der Waals surface area contributed by atoms with Gasteiger partial charge in [-0.05, 0) is 28.8 Å². The van der Waals surface area contributed by atoms with Crippen molar-refractivity contribution in [3.63, 3.8) is 0 Å². The van der Waals surface area contributed by atoms with Crippen LogP contribution in [0.25, 0.3) is 10.8 Å². The van der Waals surface area contributed by atoms with Crippen LogP contribution in [0, 0.1) is 5.92 Å². The van der Waals surface area contributed by atoms with Gasteiger partial charge in [0.2, 0.25) is 5.91 Å². The quantitative estimate of drug-likeness (QED) is 0.803. The number of fused-ring (bicyclic) bond motifs is 1. The maximum absolute atomic E-state index is 11.9. The van der Waals surface area contributed by atoms with Crippen LogP contribution in [0.1, 0.15) is 13.8 Å². The van der Waals surface area contributed by atoms with Crippen LogP contribution in [-0.4, -0.2) is 28.8 Å². The number of aliphatic carboxylic acids is 1. The Morgan fingerprint density at radius 1 is 1.14 bits per heavy atom. The van der Waals surface area contributed by atoms with E-state index in [1.54, 1.807) is 13.8 Å². The number of hydrogen-bond donors (Lipinski definition) is 2. The van der Waals surface area contributed by atoms with Gasteiger partial charge in [0.25, 0.3) is 0 Å². The van der Waals surface area contributed by atoms with Crippen molar-refractivity contribution in [1.82, 2.24) is 5.32 Å². The Kier molecular flexibility index (Phi) is 5.44. The number of nitrogens with one attached hydrogen (secondary N) is 1. The molecule has 5 heteroatoms. The molecule has 0 saturated carbocycles. The Bertz CT molecular complexity index is 684. The molecule has 0 aliphatic rings. The Labute approximate surface area is 133 Å². The maximum atomic E-state index is 11.9. The predicted octanol–water partition coefficient (Wildman–Crippen LogP) is 3.16. The molecule has 1 atom stereocenters. The smallest absolute Gasteiger partial charge is 0.326 e. The third-order valence-electron chi connectivity index (χ3n) is 3.34. The summed E-state index contributed by atoms with van der Waals surface area (Å²) in [6.45, 7) is 3.55. The summed E-state index contributed by atoms with van der Waals surface area (Å²) < 4.78 is 0. The molecule has 116 valence electrons. The molecule has 0 heterocycles. The van der Waals surface area contributed by atoms with E-state index < -0.39 is 12.0 Å². The number of carbonyl (C=O) groups excluding carboxylic acids is 1. The second kappa shape index (κ2) is 7.31. The van der Waals surface area contributed by atoms with E-state index in [1.165, 1.54) is 11.8 Å². The molecule has 2 aromatic carbocycles. The predicted molar refractivity (Wildman–Crippen MR) is 89.1 cm³/mol. The van der Waals surface area contributed by atoms with Crippen molar-refractivity contribution in [3.8, 4) is 0 Å². The van der Waals surface area contributed by atoms with Gasteiger partial charge in [-0.15, -0.1) is 11.8 Å². The maximum Gasteiger partial charge on any atom is 0.326 e. The van der Waals surface area contributed by atoms with Gasteiger partial charge in [0.15, 0.2) is 0 Å². The van der Waals surface area contributed by atoms with E-state index in [0.29, 0.717) is 0 Å². The number of rotatable bonds is 6. The van der Waals surface area contributed by atoms with Crippen molar-refractivity contribution in [2.75, 3.05) is 5.75 Å². The molecule has 22 heavy (non-hydrogen) atoms. The first-order valence-electron chi connectivity index (χ1n) is 7.11. The van der Waals surface area contributed by atoms with Crippen LogP contribution in [0.4, 0.5) is 0 Å². The Hall–Kier alpha value is -2.01. The third-order valence-corrected chi connectivity index (χ3v) is 4.33. The molecule has 0 aliphatic carbocycles. The molecule has 0 bridgehead atoms. The van der Waals surface area contributed by atoms with Gasteiger partial charge >= 0.3 is 5.97 Å². The lowest BCUT2D eigenvalue weighted by Gasteiger charge is -2.17. The van der Waals surface area contributed by atoms with Gasteiger partial charge in [0, 0.05) is 4.90 Å². The van der Waals surface area contributed by atoms with Crippen molar-refractivity contribution >= 4 is 34.4 Å². The van der Waals surface area contributed by atoms with Crippen LogP contribution < -0.4 is 5.32 Å². The molecular weight excluding hydrogens is 298 g/mol. The van der Waals surface area contributed by atoms with Crippen molar-refractivity contribution < 1.29 is 14.7 Å². The number of amides is 1. The average Bonchev–Trinajstić information content (AvgIpc) is 2.49. The fourth-order valence-electron chi connectivity index (χ4n) is 2.13. The molecule has 2 rings (SSSR count). The highest BCUT2D eigenvalue weighted by molar-refractivity contribution is 8.00. The number of benzene rings is 2. The summed E-state index contributed by atoms with van der Waals surface area (Å²) in [5.41, 5.74) is 0. The lowest BCUT2D eigenvalue weighted by molar-refractivity contribution is -0.142. The van der Waals surface area contributed by atoms with Crippen molar-refractivity contribution in [2.24, 2.45) is 5.92 Å². The number of carboxylic acids is 1. The Morgan fingerprint density at radius 3 is 2.45 bits per heavy atom. The number of carbonyl (C=O) groups is 2. The molecule has 1 amide bonds. The van der Waals surface area contributed by atoms with E-state index in [-0.39, 0.29) is 17.6 Å². The molecule has 0 aromatic heterocycles. The van der Waals surface area contributed by atoms with Gasteiger partial charge in [-0.1, -0.05) is 44.2 Å². The zero-order valence-corrected chi connectivity index (χ0v) is 13.4. The Balaban J connectivity index is 1.96. The second-order valence-corrected chi connectivity index (χ2v) is 6.47. The van der Waals surface area contributed by atoms with Gasteiger partial charge in [-0.2, -0.15) is 0 Å². The lowest BCUT2D eigenvalue weighted by Crippen LogP contribution is -2.45. The van der Waals surface area contributed by atoms with Gasteiger partial charge < -0.3 is 10.4 Å². The molecule has 0 aliphatic heterocycles. The fourth-order valence-corrected chi connectivity index (χ4v) is 2.89. The summed E-state index contributed by atoms with van der Waals surface area (Å²) in [5.74, 6) is -1.21. The topological polar surface area (TPSA) is 66.4 Å². The first kappa shape index (κ1) is 16.4. The van der Waals surface area contributed by atoms with Crippen LogP contribution in [0.5, 0.6) is 0 Å². The molecule has 2 aromatic rings. The minimum absolute atomic E-state index is 0.146. The SMILES string of the molecule is CC(C)[C@@H](NC(=O)CSc1ccc2ccccc2c1)C(=O)O. The van der Waals surface area contributed by atoms with Crippen molar-refractivity contribution in [1.29, 1.82) is 0 Å². The molecule has 4 nitrogen and oxygen atoms in total. The molecule has 2 N–H and O–H groups in total. The van der Waals surface area contributed by atoms with Crippen molar-refractivity contribution in [2.45, 2.75) is 24.8 Å². The second-order valence-electron chi connectivity index (χ2n) is 5.43. The van der Waals surface area contributed by atoms with Crippen LogP contribution in [0.15, 0.2) is 47.4 Å². The third kappa shape index (κ3) is 4.24. The highest BCUT2D eigenvalue weighted by Gasteiger charge is 2.23. The van der Waals surface area contributed by atoms with E-state index in [2.05, 4.69) is 5.32 Å². The Morgan fingerprint density at radius 2 is 1.82 bits per heavy atom. The molecule has 0 unspecified atom stereocenters. The largest absolute Gasteiger partial charge is 0.480 e. The molecule has 0 saturated heterocycles. The van der Waals surface area contributed by atoms with E-state index in [9.17, 15) is 9.59 Å². The zero-order valence-electron chi connectivity index (χ0n) is 12.6. The summed E-state index contributed by atoms with van der Waals surface area (Å²) in [5, 5.41) is 13.9. The van der Waals surface area contributed by atoms with Gasteiger partial charge in [-0.25, -0.2) is 4.79 Å². The van der Waals surface area contributed by atoms with E-state index in [0.717, 1.165) is 15.7 Å². The summed E-state index contributed by atoms with van der Waals surface area (Å²) >= 11 is 1.40.